The van der Waals surface area contributed by atoms with Gasteiger partial charge >= 0.3 is 0 Å². The summed E-state index contributed by atoms with van der Waals surface area (Å²) in [6.07, 6.45) is 1.000. The zero-order chi connectivity index (χ0) is 19.5. The van der Waals surface area contributed by atoms with E-state index in [0.717, 1.165) is 16.6 Å². The molecule has 0 atom stereocenters. The first-order valence-electron chi connectivity index (χ1n) is 7.36. The fourth-order valence-electron chi connectivity index (χ4n) is 2.29. The van der Waals surface area contributed by atoms with Crippen LogP contribution in [0.4, 0.5) is 17.1 Å². The zero-order valence-corrected chi connectivity index (χ0v) is 15.5. The molecule has 0 aliphatic carbocycles. The first kappa shape index (κ1) is 19.7. The van der Waals surface area contributed by atoms with Crippen LogP contribution in [0.15, 0.2) is 42.5 Å². The van der Waals surface area contributed by atoms with Crippen molar-refractivity contribution in [3.63, 3.8) is 0 Å². The van der Waals surface area contributed by atoms with Gasteiger partial charge in [-0.15, -0.1) is 0 Å². The number of nitro benzene ring substituents is 1. The number of nitrogens with one attached hydrogen (secondary N) is 1. The van der Waals surface area contributed by atoms with E-state index in [0.29, 0.717) is 11.3 Å². The molecule has 0 unspecified atom stereocenters. The van der Waals surface area contributed by atoms with Crippen molar-refractivity contribution >= 4 is 44.6 Å². The van der Waals surface area contributed by atoms with Gasteiger partial charge in [-0.3, -0.25) is 19.2 Å². The van der Waals surface area contributed by atoms with Gasteiger partial charge < -0.3 is 5.32 Å². The van der Waals surface area contributed by atoms with Gasteiger partial charge in [0, 0.05) is 11.8 Å². The molecule has 2 aromatic rings. The Balaban J connectivity index is 2.25. The zero-order valence-electron chi connectivity index (χ0n) is 14.0. The maximum atomic E-state index is 12.3. The molecule has 26 heavy (non-hydrogen) atoms. The molecule has 0 heterocycles. The van der Waals surface area contributed by atoms with Crippen LogP contribution in [0, 0.1) is 17.0 Å². The molecule has 1 amide bonds. The lowest BCUT2D eigenvalue weighted by molar-refractivity contribution is -0.384. The van der Waals surface area contributed by atoms with Crippen molar-refractivity contribution in [2.75, 3.05) is 22.4 Å². The van der Waals surface area contributed by atoms with Crippen molar-refractivity contribution in [1.29, 1.82) is 0 Å². The van der Waals surface area contributed by atoms with E-state index in [-0.39, 0.29) is 16.4 Å². The number of hydrogen-bond donors (Lipinski definition) is 1. The third-order valence-corrected chi connectivity index (χ3v) is 4.94. The van der Waals surface area contributed by atoms with Crippen LogP contribution in [0.5, 0.6) is 0 Å². The number of carbonyl (C=O) groups is 1. The molecule has 138 valence electrons. The number of benzene rings is 2. The van der Waals surface area contributed by atoms with Crippen LogP contribution in [-0.2, 0) is 14.8 Å². The highest BCUT2D eigenvalue weighted by Gasteiger charge is 2.22. The number of halogens is 1. The Hall–Kier alpha value is -2.65. The van der Waals surface area contributed by atoms with Gasteiger partial charge in [-0.05, 0) is 30.7 Å². The molecular formula is C16H16ClN3O5S. The molecule has 8 nitrogen and oxygen atoms in total. The second kappa shape index (κ2) is 7.71. The summed E-state index contributed by atoms with van der Waals surface area (Å²) in [5.41, 5.74) is 0.854. The summed E-state index contributed by atoms with van der Waals surface area (Å²) in [4.78, 5) is 22.5. The number of aryl methyl sites for hydroxylation is 1. The number of para-hydroxylation sites is 1. The number of amides is 1. The minimum atomic E-state index is -3.71. The van der Waals surface area contributed by atoms with Crippen LogP contribution in [0.1, 0.15) is 5.56 Å². The molecule has 10 heteroatoms. The number of hydrogen-bond acceptors (Lipinski definition) is 5. The Morgan fingerprint density at radius 1 is 1.27 bits per heavy atom. The number of anilines is 2. The van der Waals surface area contributed by atoms with E-state index in [9.17, 15) is 23.3 Å². The Bertz CT molecular complexity index is 962. The third kappa shape index (κ3) is 4.70. The van der Waals surface area contributed by atoms with Crippen molar-refractivity contribution in [3.05, 3.63) is 63.2 Å². The van der Waals surface area contributed by atoms with Gasteiger partial charge in [0.05, 0.1) is 16.9 Å². The molecule has 0 spiro atoms. The van der Waals surface area contributed by atoms with Crippen LogP contribution < -0.4 is 9.62 Å². The predicted molar refractivity (Wildman–Crippen MR) is 100 cm³/mol. The lowest BCUT2D eigenvalue weighted by atomic mass is 10.2. The topological polar surface area (TPSA) is 110 Å². The molecule has 0 aliphatic heterocycles. The predicted octanol–water partition coefficient (Wildman–Crippen LogP) is 2.96. The lowest BCUT2D eigenvalue weighted by Crippen LogP contribution is -2.37. The average molecular weight is 398 g/mol. The monoisotopic (exact) mass is 397 g/mol. The minimum absolute atomic E-state index is 0.0642. The summed E-state index contributed by atoms with van der Waals surface area (Å²) in [6, 6.07) is 10.5. The molecule has 0 bridgehead atoms. The Morgan fingerprint density at radius 2 is 1.92 bits per heavy atom. The van der Waals surface area contributed by atoms with Gasteiger partial charge in [0.15, 0.2) is 0 Å². The van der Waals surface area contributed by atoms with Gasteiger partial charge in [0.1, 0.15) is 11.6 Å². The first-order chi connectivity index (χ1) is 12.1. The minimum Gasteiger partial charge on any atom is -0.324 e. The van der Waals surface area contributed by atoms with Crippen molar-refractivity contribution in [2.45, 2.75) is 6.92 Å². The second-order valence-corrected chi connectivity index (χ2v) is 7.84. The molecule has 0 saturated heterocycles. The molecule has 0 fully saturated rings. The van der Waals surface area contributed by atoms with E-state index in [4.69, 9.17) is 11.6 Å². The Kier molecular flexibility index (Phi) is 5.83. The summed E-state index contributed by atoms with van der Waals surface area (Å²) in [7, 11) is -3.71. The normalized spacial score (nSPS) is 11.0. The largest absolute Gasteiger partial charge is 0.324 e. The van der Waals surface area contributed by atoms with Crippen molar-refractivity contribution < 1.29 is 18.1 Å². The van der Waals surface area contributed by atoms with E-state index in [1.54, 1.807) is 31.2 Å². The lowest BCUT2D eigenvalue weighted by Gasteiger charge is -2.23. The molecule has 2 rings (SSSR count). The van der Waals surface area contributed by atoms with Crippen molar-refractivity contribution in [1.82, 2.24) is 0 Å². The van der Waals surface area contributed by atoms with E-state index in [1.807, 2.05) is 0 Å². The van der Waals surface area contributed by atoms with Crippen LogP contribution >= 0.6 is 11.6 Å². The SMILES string of the molecule is Cc1ccccc1N(CC(=O)Nc1ccc(Cl)c([N+](=O)[O-])c1)S(C)(=O)=O. The number of sulfonamides is 1. The number of nitro groups is 1. The highest BCUT2D eigenvalue weighted by molar-refractivity contribution is 7.92. The highest BCUT2D eigenvalue weighted by atomic mass is 35.5. The smallest absolute Gasteiger partial charge is 0.289 e. The molecule has 0 aliphatic rings. The van der Waals surface area contributed by atoms with Crippen LogP contribution in [0.25, 0.3) is 0 Å². The van der Waals surface area contributed by atoms with Crippen LogP contribution in [0.2, 0.25) is 5.02 Å². The fourth-order valence-corrected chi connectivity index (χ4v) is 3.39. The summed E-state index contributed by atoms with van der Waals surface area (Å²) >= 11 is 5.73. The van der Waals surface area contributed by atoms with Crippen molar-refractivity contribution in [2.24, 2.45) is 0 Å². The average Bonchev–Trinajstić information content (AvgIpc) is 2.54. The standard InChI is InChI=1S/C16H16ClN3O5S/c1-11-5-3-4-6-14(11)19(26(2,24)25)10-16(21)18-12-7-8-13(17)15(9-12)20(22)23/h3-9H,10H2,1-2H3,(H,18,21). The molecular weight excluding hydrogens is 382 g/mol. The maximum Gasteiger partial charge on any atom is 0.289 e. The van der Waals surface area contributed by atoms with E-state index < -0.39 is 27.4 Å². The van der Waals surface area contributed by atoms with Crippen molar-refractivity contribution in [3.8, 4) is 0 Å². The van der Waals surface area contributed by atoms with Crippen LogP contribution in [-0.4, -0.2) is 32.0 Å². The van der Waals surface area contributed by atoms with Gasteiger partial charge in [-0.25, -0.2) is 8.42 Å². The highest BCUT2D eigenvalue weighted by Crippen LogP contribution is 2.27. The van der Waals surface area contributed by atoms with E-state index >= 15 is 0 Å². The third-order valence-electron chi connectivity index (χ3n) is 3.50. The Labute approximate surface area is 155 Å². The molecule has 0 aromatic heterocycles. The van der Waals surface area contributed by atoms with Gasteiger partial charge in [-0.2, -0.15) is 0 Å². The maximum absolute atomic E-state index is 12.3. The number of carbonyl (C=O) groups excluding carboxylic acids is 1. The second-order valence-electron chi connectivity index (χ2n) is 5.53. The summed E-state index contributed by atoms with van der Waals surface area (Å²) in [6.45, 7) is 1.26. The van der Waals surface area contributed by atoms with E-state index in [1.165, 1.54) is 12.1 Å². The van der Waals surface area contributed by atoms with Gasteiger partial charge in [-0.1, -0.05) is 29.8 Å². The fraction of sp³-hybridized carbons (Fsp3) is 0.188. The summed E-state index contributed by atoms with van der Waals surface area (Å²) in [5.74, 6) is -0.643. The summed E-state index contributed by atoms with van der Waals surface area (Å²) in [5, 5.41) is 13.3. The molecule has 1 N–H and O–H groups in total. The van der Waals surface area contributed by atoms with Crippen LogP contribution in [0.3, 0.4) is 0 Å². The molecule has 0 radical (unpaired) electrons. The molecule has 2 aromatic carbocycles. The van der Waals surface area contributed by atoms with Gasteiger partial charge in [0.2, 0.25) is 15.9 Å². The first-order valence-corrected chi connectivity index (χ1v) is 9.59. The molecule has 0 saturated carbocycles. The number of rotatable bonds is 6. The van der Waals surface area contributed by atoms with Gasteiger partial charge in [0.25, 0.3) is 5.69 Å². The Morgan fingerprint density at radius 3 is 2.50 bits per heavy atom. The number of nitrogens with zero attached hydrogens (tertiary/aromatic N) is 2. The summed E-state index contributed by atoms with van der Waals surface area (Å²) < 4.78 is 25.2. The quantitative estimate of drug-likeness (QED) is 0.595. The van der Waals surface area contributed by atoms with E-state index in [2.05, 4.69) is 5.32 Å².